The lowest BCUT2D eigenvalue weighted by atomic mass is 10.0. The van der Waals surface area contributed by atoms with Gasteiger partial charge < -0.3 is 0 Å². The van der Waals surface area contributed by atoms with E-state index in [4.69, 9.17) is 0 Å². The van der Waals surface area contributed by atoms with Gasteiger partial charge in [-0.1, -0.05) is 12.1 Å². The number of rotatable bonds is 4. The number of hydrogen-bond donors (Lipinski definition) is 0. The molecule has 0 aliphatic carbocycles. The van der Waals surface area contributed by atoms with E-state index in [1.54, 1.807) is 0 Å². The van der Waals surface area contributed by atoms with Crippen molar-refractivity contribution in [3.05, 3.63) is 75.3 Å². The zero-order chi connectivity index (χ0) is 14.7. The van der Waals surface area contributed by atoms with Crippen LogP contribution in [0, 0.1) is 21.7 Å². The van der Waals surface area contributed by atoms with E-state index < -0.39 is 28.0 Å². The van der Waals surface area contributed by atoms with Crippen LogP contribution < -0.4 is 0 Å². The van der Waals surface area contributed by atoms with Gasteiger partial charge in [-0.15, -0.1) is 0 Å². The third-order valence-electron chi connectivity index (χ3n) is 2.71. The molecule has 0 atom stereocenters. The van der Waals surface area contributed by atoms with Crippen LogP contribution in [0.2, 0.25) is 0 Å². The zero-order valence-electron chi connectivity index (χ0n) is 10.2. The number of carbonyl (C=O) groups is 1. The van der Waals surface area contributed by atoms with E-state index in [9.17, 15) is 23.7 Å². The second kappa shape index (κ2) is 5.56. The summed E-state index contributed by atoms with van der Waals surface area (Å²) in [5, 5.41) is 10.8. The minimum atomic E-state index is -0.818. The van der Waals surface area contributed by atoms with Gasteiger partial charge in [-0.3, -0.25) is 14.9 Å². The first-order valence-electron chi connectivity index (χ1n) is 5.69. The van der Waals surface area contributed by atoms with E-state index in [1.807, 2.05) is 0 Å². The summed E-state index contributed by atoms with van der Waals surface area (Å²) in [5.74, 6) is -1.86. The number of nitro groups is 1. The lowest BCUT2D eigenvalue weighted by molar-refractivity contribution is -0.385. The Bertz CT molecular complexity index is 686. The van der Waals surface area contributed by atoms with Crippen molar-refractivity contribution in [1.29, 1.82) is 0 Å². The minimum Gasteiger partial charge on any atom is -0.294 e. The molecule has 20 heavy (non-hydrogen) atoms. The van der Waals surface area contributed by atoms with Gasteiger partial charge >= 0.3 is 0 Å². The fourth-order valence-corrected chi connectivity index (χ4v) is 1.82. The summed E-state index contributed by atoms with van der Waals surface area (Å²) in [6, 6.07) is 8.12. The van der Waals surface area contributed by atoms with Crippen LogP contribution in [0.1, 0.15) is 15.9 Å². The van der Waals surface area contributed by atoms with Crippen LogP contribution in [0.15, 0.2) is 42.5 Å². The monoisotopic (exact) mass is 277 g/mol. The van der Waals surface area contributed by atoms with Gasteiger partial charge in [0.2, 0.25) is 0 Å². The molecule has 0 bridgehead atoms. The molecule has 0 fully saturated rings. The van der Waals surface area contributed by atoms with E-state index in [0.717, 1.165) is 12.1 Å². The van der Waals surface area contributed by atoms with Crippen molar-refractivity contribution < 1.29 is 18.5 Å². The molecule has 6 heteroatoms. The standard InChI is InChI=1S/C14H9F2NO3/c15-10-3-1-2-9(6-10)7-14(18)12-5-4-11(16)8-13(12)17(19)20/h1-6,8H,7H2. The molecule has 0 radical (unpaired) electrons. The van der Waals surface area contributed by atoms with Crippen molar-refractivity contribution in [2.75, 3.05) is 0 Å². The number of hydrogen-bond acceptors (Lipinski definition) is 3. The fraction of sp³-hybridized carbons (Fsp3) is 0.0714. The highest BCUT2D eigenvalue weighted by Gasteiger charge is 2.21. The Hall–Kier alpha value is -2.63. The van der Waals surface area contributed by atoms with E-state index in [-0.39, 0.29) is 12.0 Å². The van der Waals surface area contributed by atoms with E-state index in [2.05, 4.69) is 0 Å². The summed E-state index contributed by atoms with van der Waals surface area (Å²) in [5.41, 5.74) is -0.388. The predicted molar refractivity (Wildman–Crippen MR) is 67.5 cm³/mol. The highest BCUT2D eigenvalue weighted by molar-refractivity contribution is 6.01. The normalized spacial score (nSPS) is 10.3. The number of nitrogens with zero attached hydrogens (tertiary/aromatic N) is 1. The number of ketones is 1. The van der Waals surface area contributed by atoms with Crippen LogP contribution in [-0.4, -0.2) is 10.7 Å². The molecule has 0 heterocycles. The van der Waals surface area contributed by atoms with Gasteiger partial charge in [-0.25, -0.2) is 8.78 Å². The quantitative estimate of drug-likeness (QED) is 0.489. The lowest BCUT2D eigenvalue weighted by Gasteiger charge is -2.03. The van der Waals surface area contributed by atoms with Gasteiger partial charge in [0, 0.05) is 6.42 Å². The molecular formula is C14H9F2NO3. The second-order valence-electron chi connectivity index (χ2n) is 4.15. The molecule has 0 spiro atoms. The third kappa shape index (κ3) is 3.03. The Labute approximate surface area is 112 Å². The highest BCUT2D eigenvalue weighted by atomic mass is 19.1. The Morgan fingerprint density at radius 1 is 1.10 bits per heavy atom. The van der Waals surface area contributed by atoms with Crippen molar-refractivity contribution >= 4 is 11.5 Å². The molecule has 4 nitrogen and oxygen atoms in total. The Balaban J connectivity index is 2.32. The summed E-state index contributed by atoms with van der Waals surface area (Å²) < 4.78 is 26.0. The van der Waals surface area contributed by atoms with Crippen LogP contribution in [0.5, 0.6) is 0 Å². The average molecular weight is 277 g/mol. The Morgan fingerprint density at radius 2 is 1.80 bits per heavy atom. The Kier molecular flexibility index (Phi) is 3.84. The number of Topliss-reactive ketones (excluding diaryl/α,β-unsaturated/α-hetero) is 1. The van der Waals surface area contributed by atoms with Gasteiger partial charge in [0.15, 0.2) is 5.78 Å². The molecule has 0 aromatic heterocycles. The molecule has 0 saturated carbocycles. The van der Waals surface area contributed by atoms with Crippen LogP contribution in [0.4, 0.5) is 14.5 Å². The van der Waals surface area contributed by atoms with Gasteiger partial charge in [0.25, 0.3) is 5.69 Å². The summed E-state index contributed by atoms with van der Waals surface area (Å²) in [4.78, 5) is 22.0. The summed E-state index contributed by atoms with van der Waals surface area (Å²) in [6.45, 7) is 0. The average Bonchev–Trinajstić information content (AvgIpc) is 2.38. The predicted octanol–water partition coefficient (Wildman–Crippen LogP) is 3.30. The molecule has 102 valence electrons. The first-order valence-corrected chi connectivity index (χ1v) is 5.69. The Morgan fingerprint density at radius 3 is 2.45 bits per heavy atom. The maximum Gasteiger partial charge on any atom is 0.283 e. The number of nitro benzene ring substituents is 1. The van der Waals surface area contributed by atoms with E-state index >= 15 is 0 Å². The first kappa shape index (κ1) is 13.8. The van der Waals surface area contributed by atoms with Crippen molar-refractivity contribution in [2.24, 2.45) is 0 Å². The van der Waals surface area contributed by atoms with Crippen LogP contribution in [0.3, 0.4) is 0 Å². The molecule has 0 amide bonds. The summed E-state index contributed by atoms with van der Waals surface area (Å²) >= 11 is 0. The van der Waals surface area contributed by atoms with Crippen LogP contribution in [0.25, 0.3) is 0 Å². The van der Waals surface area contributed by atoms with Crippen molar-refractivity contribution in [3.8, 4) is 0 Å². The zero-order valence-corrected chi connectivity index (χ0v) is 10.2. The topological polar surface area (TPSA) is 60.2 Å². The second-order valence-corrected chi connectivity index (χ2v) is 4.15. The molecule has 0 aliphatic heterocycles. The van der Waals surface area contributed by atoms with E-state index in [1.165, 1.54) is 24.3 Å². The molecule has 0 saturated heterocycles. The van der Waals surface area contributed by atoms with Crippen molar-refractivity contribution in [1.82, 2.24) is 0 Å². The minimum absolute atomic E-state index is 0.190. The molecule has 2 aromatic rings. The van der Waals surface area contributed by atoms with Crippen molar-refractivity contribution in [2.45, 2.75) is 6.42 Å². The number of carbonyl (C=O) groups excluding carboxylic acids is 1. The largest absolute Gasteiger partial charge is 0.294 e. The maximum absolute atomic E-state index is 13.0. The fourth-order valence-electron chi connectivity index (χ4n) is 1.82. The molecule has 0 N–H and O–H groups in total. The summed E-state index contributed by atoms with van der Waals surface area (Å²) in [7, 11) is 0. The first-order chi connectivity index (χ1) is 9.47. The van der Waals surface area contributed by atoms with Gasteiger partial charge in [-0.05, 0) is 29.8 Å². The molecular weight excluding hydrogens is 268 g/mol. The SMILES string of the molecule is O=C(Cc1cccc(F)c1)c1ccc(F)cc1[N+](=O)[O-]. The molecule has 0 unspecified atom stereocenters. The van der Waals surface area contributed by atoms with Gasteiger partial charge in [0.1, 0.15) is 11.6 Å². The van der Waals surface area contributed by atoms with Crippen LogP contribution >= 0.6 is 0 Å². The maximum atomic E-state index is 13.0. The molecule has 2 rings (SSSR count). The smallest absolute Gasteiger partial charge is 0.283 e. The summed E-state index contributed by atoms with van der Waals surface area (Å²) in [6.07, 6.45) is -0.190. The van der Waals surface area contributed by atoms with Crippen LogP contribution in [-0.2, 0) is 6.42 Å². The number of benzene rings is 2. The van der Waals surface area contributed by atoms with Gasteiger partial charge in [-0.2, -0.15) is 0 Å². The lowest BCUT2D eigenvalue weighted by Crippen LogP contribution is -2.07. The van der Waals surface area contributed by atoms with Gasteiger partial charge in [0.05, 0.1) is 16.6 Å². The molecule has 0 aliphatic rings. The van der Waals surface area contributed by atoms with Crippen molar-refractivity contribution in [3.63, 3.8) is 0 Å². The molecule has 2 aromatic carbocycles. The highest BCUT2D eigenvalue weighted by Crippen LogP contribution is 2.21. The third-order valence-corrected chi connectivity index (χ3v) is 2.71. The van der Waals surface area contributed by atoms with E-state index in [0.29, 0.717) is 11.6 Å². The number of halogens is 2.